The molecular formula is C19H21N3O4. The standard InChI is InChI=1S/C19H21N3O4/c1-14-13-16(23)17(20-22(14)15-5-3-2-4-6-15)18(24)21-9-7-19(8-10-21)25-11-12-26-19/h2-6,13H,7-12H2,1H3. The molecule has 1 aromatic carbocycles. The van der Waals surface area contributed by atoms with Gasteiger partial charge in [0.2, 0.25) is 5.43 Å². The van der Waals surface area contributed by atoms with Gasteiger partial charge in [-0.2, -0.15) is 5.10 Å². The highest BCUT2D eigenvalue weighted by Crippen LogP contribution is 2.31. The summed E-state index contributed by atoms with van der Waals surface area (Å²) in [5.41, 5.74) is 1.09. The van der Waals surface area contributed by atoms with Crippen LogP contribution in [0.2, 0.25) is 0 Å². The summed E-state index contributed by atoms with van der Waals surface area (Å²) in [6, 6.07) is 10.9. The first kappa shape index (κ1) is 16.9. The van der Waals surface area contributed by atoms with Crippen LogP contribution in [0.15, 0.2) is 41.2 Å². The number of para-hydroxylation sites is 1. The van der Waals surface area contributed by atoms with Gasteiger partial charge in [0.25, 0.3) is 5.91 Å². The van der Waals surface area contributed by atoms with Crippen LogP contribution in [0, 0.1) is 6.92 Å². The Bertz CT molecular complexity index is 862. The molecular weight excluding hydrogens is 334 g/mol. The molecule has 0 unspecified atom stereocenters. The number of hydrogen-bond donors (Lipinski definition) is 0. The Balaban J connectivity index is 1.59. The van der Waals surface area contributed by atoms with Crippen molar-refractivity contribution >= 4 is 5.91 Å². The predicted octanol–water partition coefficient (Wildman–Crippen LogP) is 1.52. The van der Waals surface area contributed by atoms with Crippen molar-refractivity contribution in [3.8, 4) is 5.69 Å². The van der Waals surface area contributed by atoms with E-state index in [9.17, 15) is 9.59 Å². The SMILES string of the molecule is Cc1cc(=O)c(C(=O)N2CCC3(CC2)OCCO3)nn1-c1ccccc1. The third-order valence-corrected chi connectivity index (χ3v) is 4.94. The maximum atomic E-state index is 12.9. The smallest absolute Gasteiger partial charge is 0.278 e. The van der Waals surface area contributed by atoms with Crippen molar-refractivity contribution < 1.29 is 14.3 Å². The Labute approximate surface area is 151 Å². The Kier molecular flexibility index (Phi) is 4.34. The van der Waals surface area contributed by atoms with Crippen LogP contribution < -0.4 is 5.43 Å². The third-order valence-electron chi connectivity index (χ3n) is 4.94. The number of piperidine rings is 1. The highest BCUT2D eigenvalue weighted by molar-refractivity contribution is 5.92. The Morgan fingerprint density at radius 2 is 1.77 bits per heavy atom. The molecule has 0 saturated carbocycles. The van der Waals surface area contributed by atoms with Crippen LogP contribution in [0.3, 0.4) is 0 Å². The van der Waals surface area contributed by atoms with E-state index >= 15 is 0 Å². The van der Waals surface area contributed by atoms with Crippen LogP contribution in [0.5, 0.6) is 0 Å². The lowest BCUT2D eigenvalue weighted by Crippen LogP contribution is -2.48. The minimum absolute atomic E-state index is 0.0522. The average Bonchev–Trinajstić information content (AvgIpc) is 3.11. The first-order chi connectivity index (χ1) is 12.6. The van der Waals surface area contributed by atoms with Gasteiger partial charge in [-0.25, -0.2) is 4.68 Å². The predicted molar refractivity (Wildman–Crippen MR) is 94.3 cm³/mol. The number of nitrogens with zero attached hydrogens (tertiary/aromatic N) is 3. The summed E-state index contributed by atoms with van der Waals surface area (Å²) in [5.74, 6) is -0.894. The molecule has 2 aromatic rings. The van der Waals surface area contributed by atoms with E-state index in [0.717, 1.165) is 5.69 Å². The van der Waals surface area contributed by atoms with Gasteiger partial charge >= 0.3 is 0 Å². The molecule has 136 valence electrons. The molecule has 2 fully saturated rings. The lowest BCUT2D eigenvalue weighted by molar-refractivity contribution is -0.181. The van der Waals surface area contributed by atoms with Crippen LogP contribution >= 0.6 is 0 Å². The quantitative estimate of drug-likeness (QED) is 0.817. The van der Waals surface area contributed by atoms with E-state index in [1.165, 1.54) is 6.07 Å². The molecule has 4 rings (SSSR count). The first-order valence-electron chi connectivity index (χ1n) is 8.82. The number of ether oxygens (including phenoxy) is 2. The summed E-state index contributed by atoms with van der Waals surface area (Å²) >= 11 is 0. The summed E-state index contributed by atoms with van der Waals surface area (Å²) in [4.78, 5) is 26.9. The molecule has 1 spiro atoms. The molecule has 3 heterocycles. The Hall–Kier alpha value is -2.51. The summed E-state index contributed by atoms with van der Waals surface area (Å²) < 4.78 is 13.0. The van der Waals surface area contributed by atoms with Crippen LogP contribution in [-0.4, -0.2) is 52.7 Å². The minimum atomic E-state index is -0.554. The molecule has 2 aliphatic heterocycles. The van der Waals surface area contributed by atoms with Crippen molar-refractivity contribution in [2.45, 2.75) is 25.6 Å². The van der Waals surface area contributed by atoms with Crippen LogP contribution in [-0.2, 0) is 9.47 Å². The second-order valence-corrected chi connectivity index (χ2v) is 6.65. The molecule has 2 aliphatic rings. The lowest BCUT2D eigenvalue weighted by Gasteiger charge is -2.37. The fourth-order valence-corrected chi connectivity index (χ4v) is 3.51. The Morgan fingerprint density at radius 3 is 2.42 bits per heavy atom. The maximum absolute atomic E-state index is 12.9. The molecule has 0 bridgehead atoms. The fourth-order valence-electron chi connectivity index (χ4n) is 3.51. The number of amides is 1. The minimum Gasteiger partial charge on any atom is -0.347 e. The van der Waals surface area contributed by atoms with E-state index in [4.69, 9.17) is 9.47 Å². The van der Waals surface area contributed by atoms with Gasteiger partial charge in [0.05, 0.1) is 18.9 Å². The number of carbonyl (C=O) groups excluding carboxylic acids is 1. The van der Waals surface area contributed by atoms with Crippen molar-refractivity contribution in [1.29, 1.82) is 0 Å². The summed E-state index contributed by atoms with van der Waals surface area (Å²) in [7, 11) is 0. The number of rotatable bonds is 2. The van der Waals surface area contributed by atoms with Gasteiger partial charge in [-0.15, -0.1) is 0 Å². The molecule has 7 heteroatoms. The van der Waals surface area contributed by atoms with Crippen molar-refractivity contribution in [2.75, 3.05) is 26.3 Å². The second-order valence-electron chi connectivity index (χ2n) is 6.65. The van der Waals surface area contributed by atoms with Crippen molar-refractivity contribution in [3.05, 3.63) is 58.0 Å². The van der Waals surface area contributed by atoms with Crippen LogP contribution in [0.1, 0.15) is 29.0 Å². The maximum Gasteiger partial charge on any atom is 0.278 e. The number of carbonyl (C=O) groups is 1. The molecule has 26 heavy (non-hydrogen) atoms. The fraction of sp³-hybridized carbons (Fsp3) is 0.421. The summed E-state index contributed by atoms with van der Waals surface area (Å²) in [6.45, 7) is 3.96. The second kappa shape index (κ2) is 6.66. The van der Waals surface area contributed by atoms with Gasteiger partial charge in [0.1, 0.15) is 0 Å². The lowest BCUT2D eigenvalue weighted by atomic mass is 10.0. The van der Waals surface area contributed by atoms with Gasteiger partial charge < -0.3 is 14.4 Å². The van der Waals surface area contributed by atoms with Crippen molar-refractivity contribution in [1.82, 2.24) is 14.7 Å². The highest BCUT2D eigenvalue weighted by Gasteiger charge is 2.41. The van der Waals surface area contributed by atoms with E-state index in [-0.39, 0.29) is 17.0 Å². The third kappa shape index (κ3) is 3.04. The number of benzene rings is 1. The molecule has 0 aliphatic carbocycles. The van der Waals surface area contributed by atoms with Crippen molar-refractivity contribution in [3.63, 3.8) is 0 Å². The molecule has 1 amide bonds. The first-order valence-corrected chi connectivity index (χ1v) is 8.82. The summed E-state index contributed by atoms with van der Waals surface area (Å²) in [5, 5.41) is 4.36. The van der Waals surface area contributed by atoms with Gasteiger partial charge in [-0.1, -0.05) is 18.2 Å². The number of hydrogen-bond acceptors (Lipinski definition) is 5. The van der Waals surface area contributed by atoms with E-state index in [1.54, 1.807) is 16.5 Å². The monoisotopic (exact) mass is 355 g/mol. The molecule has 2 saturated heterocycles. The van der Waals surface area contributed by atoms with Crippen molar-refractivity contribution in [2.24, 2.45) is 0 Å². The molecule has 0 radical (unpaired) electrons. The van der Waals surface area contributed by atoms with Crippen LogP contribution in [0.25, 0.3) is 5.69 Å². The molecule has 0 N–H and O–H groups in total. The Morgan fingerprint density at radius 1 is 1.12 bits per heavy atom. The topological polar surface area (TPSA) is 73.7 Å². The van der Waals surface area contributed by atoms with E-state index in [0.29, 0.717) is 44.8 Å². The number of aromatic nitrogens is 2. The number of likely N-dealkylation sites (tertiary alicyclic amines) is 1. The van der Waals surface area contributed by atoms with Gasteiger partial charge in [0, 0.05) is 37.7 Å². The molecule has 0 atom stereocenters. The zero-order valence-electron chi connectivity index (χ0n) is 14.7. The largest absolute Gasteiger partial charge is 0.347 e. The van der Waals surface area contributed by atoms with Gasteiger partial charge in [-0.3, -0.25) is 9.59 Å². The molecule has 7 nitrogen and oxygen atoms in total. The van der Waals surface area contributed by atoms with Crippen LogP contribution in [0.4, 0.5) is 0 Å². The van der Waals surface area contributed by atoms with E-state index in [2.05, 4.69) is 5.10 Å². The van der Waals surface area contributed by atoms with Gasteiger partial charge in [0.15, 0.2) is 11.5 Å². The van der Waals surface area contributed by atoms with E-state index < -0.39 is 5.79 Å². The summed E-state index contributed by atoms with van der Waals surface area (Å²) in [6.07, 6.45) is 1.22. The zero-order chi connectivity index (χ0) is 18.1. The van der Waals surface area contributed by atoms with E-state index in [1.807, 2.05) is 30.3 Å². The van der Waals surface area contributed by atoms with Gasteiger partial charge in [-0.05, 0) is 19.1 Å². The molecule has 1 aromatic heterocycles. The number of aryl methyl sites for hydroxylation is 1. The zero-order valence-corrected chi connectivity index (χ0v) is 14.7. The highest BCUT2D eigenvalue weighted by atomic mass is 16.7. The normalized spacial score (nSPS) is 19.0. The average molecular weight is 355 g/mol.